The van der Waals surface area contributed by atoms with Crippen LogP contribution in [0.5, 0.6) is 0 Å². The molecule has 1 heteroatoms. The van der Waals surface area contributed by atoms with Crippen molar-refractivity contribution in [1.29, 1.82) is 0 Å². The first-order valence-electron chi connectivity index (χ1n) is 1.21. The molecule has 0 aliphatic rings. The first-order chi connectivity index (χ1) is 1.41. The van der Waals surface area contributed by atoms with Crippen LogP contribution in [0.25, 0.3) is 0 Å². The van der Waals surface area contributed by atoms with E-state index in [0.717, 1.165) is 6.42 Å². The van der Waals surface area contributed by atoms with Crippen molar-refractivity contribution < 1.29 is 19.5 Å². The van der Waals surface area contributed by atoms with E-state index in [1.807, 2.05) is 6.92 Å². The van der Waals surface area contributed by atoms with Crippen molar-refractivity contribution in [2.24, 2.45) is 0 Å². The van der Waals surface area contributed by atoms with Crippen LogP contribution in [0.15, 0.2) is 0 Å². The van der Waals surface area contributed by atoms with E-state index in [-0.39, 0.29) is 19.5 Å². The van der Waals surface area contributed by atoms with Gasteiger partial charge in [0.05, 0.1) is 0 Å². The second kappa shape index (κ2) is 9.46. The summed E-state index contributed by atoms with van der Waals surface area (Å²) < 4.78 is 0. The van der Waals surface area contributed by atoms with Gasteiger partial charge < -0.3 is 6.92 Å². The van der Waals surface area contributed by atoms with Crippen molar-refractivity contribution in [2.75, 3.05) is 0 Å². The summed E-state index contributed by atoms with van der Waals surface area (Å²) in [6.45, 7) is 5.50. The Labute approximate surface area is 40.4 Å². The molecule has 4 heavy (non-hydrogen) atoms. The minimum atomic E-state index is 0. The van der Waals surface area contributed by atoms with E-state index in [9.17, 15) is 0 Å². The van der Waals surface area contributed by atoms with Gasteiger partial charge in [0.1, 0.15) is 0 Å². The van der Waals surface area contributed by atoms with Crippen molar-refractivity contribution >= 4 is 0 Å². The van der Waals surface area contributed by atoms with E-state index in [4.69, 9.17) is 0 Å². The second-order valence-corrected chi connectivity index (χ2v) is 0.500. The molecule has 0 N–H and O–H groups in total. The van der Waals surface area contributed by atoms with Crippen molar-refractivity contribution in [3.8, 4) is 0 Å². The fourth-order valence-corrected chi connectivity index (χ4v) is 0. The summed E-state index contributed by atoms with van der Waals surface area (Å²) in [6, 6.07) is 0. The zero-order valence-corrected chi connectivity index (χ0v) is 4.51. The third kappa shape index (κ3) is 17.8. The van der Waals surface area contributed by atoms with Crippen molar-refractivity contribution in [3.05, 3.63) is 6.92 Å². The zero-order valence-electron chi connectivity index (χ0n) is 2.77. The molecule has 0 bridgehead atoms. The van der Waals surface area contributed by atoms with Gasteiger partial charge in [0.2, 0.25) is 0 Å². The molecule has 1 radical (unpaired) electrons. The summed E-state index contributed by atoms with van der Waals surface area (Å²) in [5.74, 6) is 0. The molecular weight excluding hydrogens is 137 g/mol. The minimum absolute atomic E-state index is 0. The van der Waals surface area contributed by atoms with Crippen LogP contribution < -0.4 is 0 Å². The Morgan fingerprint density at radius 2 is 1.75 bits per heavy atom. The molecule has 0 heterocycles. The fraction of sp³-hybridized carbons (Fsp3) is 0.667. The normalized spacial score (nSPS) is 4.50. The molecule has 0 unspecified atom stereocenters. The third-order valence-electron chi connectivity index (χ3n) is 0. The molecule has 0 rings (SSSR count). The standard InChI is InChI=1S/C3H7.Ru/c1-3-2;/h1,3H2,2H3;/q-1;+1. The van der Waals surface area contributed by atoms with Gasteiger partial charge >= 0.3 is 19.5 Å². The summed E-state index contributed by atoms with van der Waals surface area (Å²) in [4.78, 5) is 0. The van der Waals surface area contributed by atoms with Gasteiger partial charge in [-0.15, -0.1) is 0 Å². The van der Waals surface area contributed by atoms with Crippen LogP contribution in [0.4, 0.5) is 0 Å². The number of hydrogen-bond donors (Lipinski definition) is 0. The largest absolute Gasteiger partial charge is 1.00 e. The molecule has 0 aromatic rings. The maximum Gasteiger partial charge on any atom is 1.00 e. The summed E-state index contributed by atoms with van der Waals surface area (Å²) >= 11 is 0. The van der Waals surface area contributed by atoms with Crippen molar-refractivity contribution in [1.82, 2.24) is 0 Å². The van der Waals surface area contributed by atoms with E-state index < -0.39 is 0 Å². The zero-order chi connectivity index (χ0) is 2.71. The van der Waals surface area contributed by atoms with Crippen LogP contribution in [0.1, 0.15) is 13.3 Å². The molecular formula is C3H7Ru. The topological polar surface area (TPSA) is 0 Å². The SMILES string of the molecule is [CH2-]CC.[Ru+]. The van der Waals surface area contributed by atoms with Crippen LogP contribution in [-0.4, -0.2) is 0 Å². The molecule has 0 aromatic carbocycles. The van der Waals surface area contributed by atoms with Gasteiger partial charge in [-0.3, -0.25) is 0 Å². The van der Waals surface area contributed by atoms with E-state index in [2.05, 4.69) is 6.92 Å². The predicted molar refractivity (Wildman–Crippen MR) is 15.6 cm³/mol. The number of hydrogen-bond acceptors (Lipinski definition) is 0. The molecule has 0 amide bonds. The van der Waals surface area contributed by atoms with E-state index in [1.54, 1.807) is 0 Å². The molecule has 0 spiro atoms. The molecule has 0 nitrogen and oxygen atoms in total. The minimum Gasteiger partial charge on any atom is -0.344 e. The summed E-state index contributed by atoms with van der Waals surface area (Å²) in [6.07, 6.45) is 1.00. The molecule has 0 fully saturated rings. The number of rotatable bonds is 0. The molecule has 0 aromatic heterocycles. The third-order valence-corrected chi connectivity index (χ3v) is 0. The molecule has 0 aliphatic heterocycles. The molecule has 0 aliphatic carbocycles. The molecule has 27 valence electrons. The van der Waals surface area contributed by atoms with Crippen LogP contribution in [-0.2, 0) is 19.5 Å². The van der Waals surface area contributed by atoms with Crippen LogP contribution in [0.3, 0.4) is 0 Å². The molecule has 0 saturated carbocycles. The summed E-state index contributed by atoms with van der Waals surface area (Å²) in [5, 5.41) is 0. The van der Waals surface area contributed by atoms with Crippen LogP contribution in [0.2, 0.25) is 0 Å². The quantitative estimate of drug-likeness (QED) is 0.354. The van der Waals surface area contributed by atoms with Gasteiger partial charge in [-0.05, 0) is 0 Å². The van der Waals surface area contributed by atoms with Gasteiger partial charge in [0.25, 0.3) is 0 Å². The van der Waals surface area contributed by atoms with E-state index in [0.29, 0.717) is 0 Å². The molecule has 0 atom stereocenters. The fourth-order valence-electron chi connectivity index (χ4n) is 0. The maximum atomic E-state index is 3.49. The smallest absolute Gasteiger partial charge is 0.344 e. The Balaban J connectivity index is 0. The van der Waals surface area contributed by atoms with E-state index >= 15 is 0 Å². The Bertz CT molecular complexity index is 3.25. The Morgan fingerprint density at radius 3 is 1.75 bits per heavy atom. The molecule has 0 saturated heterocycles. The van der Waals surface area contributed by atoms with Crippen molar-refractivity contribution in [3.63, 3.8) is 0 Å². The monoisotopic (exact) mass is 145 g/mol. The van der Waals surface area contributed by atoms with Gasteiger partial charge in [-0.25, -0.2) is 0 Å². The van der Waals surface area contributed by atoms with Crippen LogP contribution >= 0.6 is 0 Å². The maximum absolute atomic E-state index is 3.49. The summed E-state index contributed by atoms with van der Waals surface area (Å²) in [7, 11) is 0. The van der Waals surface area contributed by atoms with Gasteiger partial charge in [0.15, 0.2) is 0 Å². The second-order valence-electron chi connectivity index (χ2n) is 0.500. The summed E-state index contributed by atoms with van der Waals surface area (Å²) in [5.41, 5.74) is 0. The Hall–Kier alpha value is 0.623. The van der Waals surface area contributed by atoms with Gasteiger partial charge in [-0.1, -0.05) is 6.92 Å². The van der Waals surface area contributed by atoms with Gasteiger partial charge in [0, 0.05) is 0 Å². The Morgan fingerprint density at radius 1 is 1.75 bits per heavy atom. The first-order valence-corrected chi connectivity index (χ1v) is 1.21. The average molecular weight is 144 g/mol. The van der Waals surface area contributed by atoms with E-state index in [1.165, 1.54) is 0 Å². The van der Waals surface area contributed by atoms with Gasteiger partial charge in [-0.2, -0.15) is 6.42 Å². The average Bonchev–Trinajstić information content (AvgIpc) is 0.918. The van der Waals surface area contributed by atoms with Crippen molar-refractivity contribution in [2.45, 2.75) is 13.3 Å². The first kappa shape index (κ1) is 8.82. The van der Waals surface area contributed by atoms with Crippen LogP contribution in [0, 0.1) is 6.92 Å². The predicted octanol–water partition coefficient (Wildman–Crippen LogP) is 1.23. The Kier molecular flexibility index (Phi) is 20.9.